The summed E-state index contributed by atoms with van der Waals surface area (Å²) >= 11 is 0. The van der Waals surface area contributed by atoms with E-state index in [4.69, 9.17) is 4.74 Å². The molecule has 7 nitrogen and oxygen atoms in total. The van der Waals surface area contributed by atoms with Crippen molar-refractivity contribution >= 4 is 28.4 Å². The summed E-state index contributed by atoms with van der Waals surface area (Å²) in [6, 6.07) is 4.27. The van der Waals surface area contributed by atoms with Gasteiger partial charge in [-0.05, 0) is 43.9 Å². The molecule has 4 rings (SSSR count). The number of hydrogen-bond acceptors (Lipinski definition) is 5. The van der Waals surface area contributed by atoms with Crippen molar-refractivity contribution in [2.75, 3.05) is 19.0 Å². The van der Waals surface area contributed by atoms with Gasteiger partial charge in [0.15, 0.2) is 0 Å². The second kappa shape index (κ2) is 7.46. The van der Waals surface area contributed by atoms with Crippen LogP contribution in [-0.2, 0) is 17.6 Å². The molecule has 0 fully saturated rings. The minimum absolute atomic E-state index is 0.0701. The molecule has 2 heterocycles. The smallest absolute Gasteiger partial charge is 0.223 e. The molecular weight excluding hydrogens is 361 g/mol. The molecule has 1 amide bonds. The molecule has 0 bridgehead atoms. The van der Waals surface area contributed by atoms with Gasteiger partial charge in [0.25, 0.3) is 0 Å². The molecule has 0 radical (unpaired) electrons. The van der Waals surface area contributed by atoms with E-state index < -0.39 is 0 Å². The summed E-state index contributed by atoms with van der Waals surface area (Å²) in [5.41, 5.74) is 3.30. The van der Waals surface area contributed by atoms with E-state index in [9.17, 15) is 9.18 Å². The van der Waals surface area contributed by atoms with E-state index in [2.05, 4.69) is 25.6 Å². The van der Waals surface area contributed by atoms with E-state index >= 15 is 0 Å². The molecule has 1 atom stereocenters. The van der Waals surface area contributed by atoms with Gasteiger partial charge < -0.3 is 20.4 Å². The zero-order valence-electron chi connectivity index (χ0n) is 15.8. The fourth-order valence-corrected chi connectivity index (χ4v) is 3.78. The highest BCUT2D eigenvalue weighted by molar-refractivity contribution is 5.94. The molecule has 0 unspecified atom stereocenters. The highest BCUT2D eigenvalue weighted by atomic mass is 19.1. The monoisotopic (exact) mass is 383 g/mol. The lowest BCUT2D eigenvalue weighted by atomic mass is 9.86. The first-order valence-electron chi connectivity index (χ1n) is 9.33. The zero-order chi connectivity index (χ0) is 19.7. The number of nitrogens with zero attached hydrogens (tertiary/aromatic N) is 2. The number of methoxy groups -OCH3 is 1. The minimum Gasteiger partial charge on any atom is -0.495 e. The molecule has 0 saturated carbocycles. The lowest BCUT2D eigenvalue weighted by Gasteiger charge is -2.21. The van der Waals surface area contributed by atoms with E-state index in [1.54, 1.807) is 6.07 Å². The number of rotatable bonds is 5. The molecule has 146 valence electrons. The Kier molecular flexibility index (Phi) is 4.85. The van der Waals surface area contributed by atoms with Crippen molar-refractivity contribution in [1.29, 1.82) is 0 Å². The third-order valence-electron chi connectivity index (χ3n) is 5.11. The first kappa shape index (κ1) is 18.2. The molecule has 0 saturated heterocycles. The van der Waals surface area contributed by atoms with Crippen LogP contribution in [0.2, 0.25) is 0 Å². The van der Waals surface area contributed by atoms with E-state index in [1.165, 1.54) is 25.6 Å². The number of aromatic amines is 1. The number of halogens is 1. The molecule has 0 aliphatic heterocycles. The highest BCUT2D eigenvalue weighted by Gasteiger charge is 2.28. The molecule has 0 spiro atoms. The Balaban J connectivity index is 1.74. The molecule has 1 aliphatic rings. The van der Waals surface area contributed by atoms with Gasteiger partial charge in [0.05, 0.1) is 18.2 Å². The van der Waals surface area contributed by atoms with Crippen molar-refractivity contribution in [2.45, 2.75) is 26.2 Å². The van der Waals surface area contributed by atoms with Crippen molar-refractivity contribution < 1.29 is 13.9 Å². The van der Waals surface area contributed by atoms with Gasteiger partial charge in [0.1, 0.15) is 29.4 Å². The summed E-state index contributed by atoms with van der Waals surface area (Å²) in [7, 11) is 1.53. The van der Waals surface area contributed by atoms with Crippen molar-refractivity contribution in [1.82, 2.24) is 20.3 Å². The molecule has 1 aromatic carbocycles. The van der Waals surface area contributed by atoms with Crippen LogP contribution < -0.4 is 15.4 Å². The number of fused-ring (bicyclic) bond motifs is 3. The Bertz CT molecular complexity index is 1030. The number of hydrogen-bond donors (Lipinski definition) is 3. The largest absolute Gasteiger partial charge is 0.495 e. The van der Waals surface area contributed by atoms with Gasteiger partial charge in [-0.2, -0.15) is 0 Å². The predicted molar refractivity (Wildman–Crippen MR) is 104 cm³/mol. The lowest BCUT2D eigenvalue weighted by Crippen LogP contribution is -2.33. The number of amides is 1. The van der Waals surface area contributed by atoms with Gasteiger partial charge >= 0.3 is 0 Å². The van der Waals surface area contributed by atoms with E-state index in [-0.39, 0.29) is 17.6 Å². The number of carbonyl (C=O) groups is 1. The van der Waals surface area contributed by atoms with Crippen LogP contribution in [0.1, 0.15) is 24.6 Å². The molecule has 1 aliphatic carbocycles. The van der Waals surface area contributed by atoms with Crippen molar-refractivity contribution in [2.24, 2.45) is 5.92 Å². The van der Waals surface area contributed by atoms with Crippen LogP contribution in [0.15, 0.2) is 24.5 Å². The Morgan fingerprint density at radius 3 is 3.04 bits per heavy atom. The van der Waals surface area contributed by atoms with Crippen molar-refractivity contribution in [3.8, 4) is 5.75 Å². The number of benzene rings is 1. The van der Waals surface area contributed by atoms with Crippen molar-refractivity contribution in [3.63, 3.8) is 0 Å². The van der Waals surface area contributed by atoms with Crippen LogP contribution >= 0.6 is 0 Å². The van der Waals surface area contributed by atoms with Crippen LogP contribution in [0.4, 0.5) is 15.9 Å². The summed E-state index contributed by atoms with van der Waals surface area (Å²) < 4.78 is 19.1. The molecular formula is C20H22FN5O2. The number of aryl methyl sites for hydroxylation is 1. The van der Waals surface area contributed by atoms with E-state index in [0.29, 0.717) is 35.9 Å². The standard InChI is InChI=1S/C20H22FN5O2/c1-3-22-20(27)11-4-6-14-13(8-11)17-18(25-14)23-10-24-19(17)26-15-9-12(21)5-7-16(15)28-2/h5,7,9-11H,3-4,6,8H2,1-2H3,(H,22,27)(H2,23,24,25,26)/t11-/m0/s1. The first-order valence-corrected chi connectivity index (χ1v) is 9.33. The molecule has 28 heavy (non-hydrogen) atoms. The van der Waals surface area contributed by atoms with Crippen LogP contribution in [0, 0.1) is 11.7 Å². The SMILES string of the molecule is CCNC(=O)[C@H]1CCc2[nH]c3ncnc(Nc4cc(F)ccc4OC)c3c2C1. The highest BCUT2D eigenvalue weighted by Crippen LogP contribution is 2.36. The van der Waals surface area contributed by atoms with Crippen LogP contribution in [0.3, 0.4) is 0 Å². The van der Waals surface area contributed by atoms with Gasteiger partial charge in [0.2, 0.25) is 5.91 Å². The third-order valence-corrected chi connectivity index (χ3v) is 5.11. The van der Waals surface area contributed by atoms with Gasteiger partial charge in [-0.25, -0.2) is 14.4 Å². The number of H-pyrrole nitrogens is 1. The lowest BCUT2D eigenvalue weighted by molar-refractivity contribution is -0.125. The van der Waals surface area contributed by atoms with Crippen LogP contribution in [0.25, 0.3) is 11.0 Å². The minimum atomic E-state index is -0.374. The van der Waals surface area contributed by atoms with Crippen LogP contribution in [-0.4, -0.2) is 34.5 Å². The normalized spacial score (nSPS) is 15.9. The summed E-state index contributed by atoms with van der Waals surface area (Å²) in [6.07, 6.45) is 3.64. The maximum absolute atomic E-state index is 13.7. The third kappa shape index (κ3) is 3.26. The van der Waals surface area contributed by atoms with Gasteiger partial charge in [-0.3, -0.25) is 4.79 Å². The summed E-state index contributed by atoms with van der Waals surface area (Å²) in [5, 5.41) is 6.92. The van der Waals surface area contributed by atoms with Crippen LogP contribution in [0.5, 0.6) is 5.75 Å². The first-order chi connectivity index (χ1) is 13.6. The second-order valence-corrected chi connectivity index (χ2v) is 6.83. The maximum atomic E-state index is 13.7. The molecule has 8 heteroatoms. The van der Waals surface area contributed by atoms with Crippen molar-refractivity contribution in [3.05, 3.63) is 41.6 Å². The zero-order valence-corrected chi connectivity index (χ0v) is 15.8. The number of anilines is 2. The fraction of sp³-hybridized carbons (Fsp3) is 0.350. The number of aromatic nitrogens is 3. The summed E-state index contributed by atoms with van der Waals surface area (Å²) in [6.45, 7) is 2.53. The van der Waals surface area contributed by atoms with E-state index in [1.807, 2.05) is 6.92 Å². The van der Waals surface area contributed by atoms with Gasteiger partial charge in [0, 0.05) is 24.2 Å². The predicted octanol–water partition coefficient (Wildman–Crippen LogP) is 3.09. The Hall–Kier alpha value is -3.16. The Labute approximate surface area is 161 Å². The summed E-state index contributed by atoms with van der Waals surface area (Å²) in [4.78, 5) is 24.4. The topological polar surface area (TPSA) is 91.9 Å². The second-order valence-electron chi connectivity index (χ2n) is 6.83. The Morgan fingerprint density at radius 2 is 2.25 bits per heavy atom. The Morgan fingerprint density at radius 1 is 1.39 bits per heavy atom. The quantitative estimate of drug-likeness (QED) is 0.630. The summed E-state index contributed by atoms with van der Waals surface area (Å²) in [5.74, 6) is 0.686. The number of nitrogens with one attached hydrogen (secondary N) is 3. The van der Waals surface area contributed by atoms with Gasteiger partial charge in [-0.1, -0.05) is 0 Å². The number of carbonyl (C=O) groups excluding carboxylic acids is 1. The fourth-order valence-electron chi connectivity index (χ4n) is 3.78. The average molecular weight is 383 g/mol. The maximum Gasteiger partial charge on any atom is 0.223 e. The number of ether oxygens (including phenoxy) is 1. The molecule has 3 aromatic rings. The average Bonchev–Trinajstić information content (AvgIpc) is 3.07. The van der Waals surface area contributed by atoms with E-state index in [0.717, 1.165) is 29.5 Å². The molecule has 2 aromatic heterocycles. The van der Waals surface area contributed by atoms with Gasteiger partial charge in [-0.15, -0.1) is 0 Å². The molecule has 3 N–H and O–H groups in total.